The lowest BCUT2D eigenvalue weighted by atomic mass is 9.78. The molecule has 0 aliphatic carbocycles. The highest BCUT2D eigenvalue weighted by molar-refractivity contribution is 7.18. The van der Waals surface area contributed by atoms with Crippen LogP contribution in [0.3, 0.4) is 0 Å². The van der Waals surface area contributed by atoms with Crippen LogP contribution < -0.4 is 10.1 Å². The van der Waals surface area contributed by atoms with E-state index in [4.69, 9.17) is 0 Å². The quantitative estimate of drug-likeness (QED) is 0.300. The molecule has 0 saturated carbocycles. The van der Waals surface area contributed by atoms with Crippen LogP contribution in [0.1, 0.15) is 34.0 Å². The number of nitrogens with one attached hydrogen (secondary N) is 1. The van der Waals surface area contributed by atoms with Crippen LogP contribution in [0.4, 0.5) is 13.2 Å². The van der Waals surface area contributed by atoms with E-state index < -0.39 is 6.36 Å². The second kappa shape index (κ2) is 9.74. The molecular weight excluding hydrogens is 495 g/mol. The smallest absolute Gasteiger partial charge is 0.405 e. The number of aryl methyl sites for hydroxylation is 1. The van der Waals surface area contributed by atoms with E-state index in [-0.39, 0.29) is 30.3 Å². The first-order valence-electron chi connectivity index (χ1n) is 12.6. The summed E-state index contributed by atoms with van der Waals surface area (Å²) in [6.07, 6.45) is -3.67. The number of benzene rings is 3. The maximum atomic E-state index is 13.3. The van der Waals surface area contributed by atoms with Gasteiger partial charge in [0, 0.05) is 42.7 Å². The minimum Gasteiger partial charge on any atom is -0.405 e. The van der Waals surface area contributed by atoms with Crippen LogP contribution in [0, 0.1) is 12.8 Å². The predicted octanol–water partition coefficient (Wildman–Crippen LogP) is 6.50. The molecule has 0 radical (unpaired) electrons. The van der Waals surface area contributed by atoms with Gasteiger partial charge in [0.1, 0.15) is 5.75 Å². The Labute approximate surface area is 218 Å². The first-order chi connectivity index (χ1) is 17.9. The second-order valence-electron chi connectivity index (χ2n) is 9.95. The van der Waals surface area contributed by atoms with Gasteiger partial charge < -0.3 is 10.1 Å². The molecule has 2 saturated heterocycles. The highest BCUT2D eigenvalue weighted by Gasteiger charge is 2.49. The minimum absolute atomic E-state index is 0.130. The Hall–Kier alpha value is -2.94. The van der Waals surface area contributed by atoms with E-state index in [2.05, 4.69) is 68.5 Å². The number of thiazole rings is 1. The number of hydrogen-bond acceptors (Lipinski definition) is 5. The third-order valence-corrected chi connectivity index (χ3v) is 8.58. The zero-order valence-corrected chi connectivity index (χ0v) is 21.2. The number of ether oxygens (including phenoxy) is 1. The van der Waals surface area contributed by atoms with Gasteiger partial charge >= 0.3 is 6.36 Å². The van der Waals surface area contributed by atoms with Crippen molar-refractivity contribution >= 4 is 21.6 Å². The average Bonchev–Trinajstić information content (AvgIpc) is 3.58. The largest absolute Gasteiger partial charge is 0.573 e. The van der Waals surface area contributed by atoms with Crippen LogP contribution in [-0.4, -0.2) is 41.4 Å². The van der Waals surface area contributed by atoms with Gasteiger partial charge in [0.05, 0.1) is 15.2 Å². The zero-order valence-electron chi connectivity index (χ0n) is 20.4. The van der Waals surface area contributed by atoms with Gasteiger partial charge in [-0.3, -0.25) is 4.90 Å². The molecule has 4 aromatic rings. The summed E-state index contributed by atoms with van der Waals surface area (Å²) in [5, 5.41) is 4.50. The molecule has 2 fully saturated rings. The number of halogens is 3. The monoisotopic (exact) mass is 523 g/mol. The van der Waals surface area contributed by atoms with Crippen molar-refractivity contribution in [3.8, 4) is 5.75 Å². The molecule has 3 heterocycles. The highest BCUT2D eigenvalue weighted by atomic mass is 32.1. The lowest BCUT2D eigenvalue weighted by Gasteiger charge is -2.39. The summed E-state index contributed by atoms with van der Waals surface area (Å²) in [5.74, 6) is 0.441. The van der Waals surface area contributed by atoms with Gasteiger partial charge in [0.15, 0.2) is 0 Å². The molecular formula is C29H28F3N3OS. The van der Waals surface area contributed by atoms with E-state index in [1.54, 1.807) is 6.07 Å². The Morgan fingerprint density at radius 2 is 1.73 bits per heavy atom. The molecule has 4 atom stereocenters. The molecule has 37 heavy (non-hydrogen) atoms. The topological polar surface area (TPSA) is 37.4 Å². The van der Waals surface area contributed by atoms with Gasteiger partial charge in [0.25, 0.3) is 0 Å². The summed E-state index contributed by atoms with van der Waals surface area (Å²) in [4.78, 5) is 7.05. The summed E-state index contributed by atoms with van der Waals surface area (Å²) in [6.45, 7) is 4.17. The predicted molar refractivity (Wildman–Crippen MR) is 140 cm³/mol. The summed E-state index contributed by atoms with van der Waals surface area (Å²) in [5.41, 5.74) is 3.67. The van der Waals surface area contributed by atoms with Crippen molar-refractivity contribution in [2.45, 2.75) is 44.3 Å². The number of aromatic nitrogens is 1. The fraction of sp³-hybridized carbons (Fsp3) is 0.345. The molecule has 2 aliphatic heterocycles. The summed E-state index contributed by atoms with van der Waals surface area (Å²) in [7, 11) is 0. The molecule has 2 bridgehead atoms. The summed E-state index contributed by atoms with van der Waals surface area (Å²) in [6, 6.07) is 24.6. The van der Waals surface area contributed by atoms with Gasteiger partial charge in [-0.25, -0.2) is 4.98 Å². The number of alkyl halides is 3. The van der Waals surface area contributed by atoms with Gasteiger partial charge in [-0.2, -0.15) is 0 Å². The lowest BCUT2D eigenvalue weighted by Crippen LogP contribution is -2.51. The molecule has 0 amide bonds. The SMILES string of the molecule is Cc1nc2cc(CNC3C4CCN(C4)C3C(c3ccccc3)c3ccccc3)c(OC(F)(F)F)cc2s1. The van der Waals surface area contributed by atoms with Crippen LogP contribution >= 0.6 is 11.3 Å². The lowest BCUT2D eigenvalue weighted by molar-refractivity contribution is -0.274. The van der Waals surface area contributed by atoms with Crippen molar-refractivity contribution in [1.29, 1.82) is 0 Å². The number of nitrogens with zero attached hydrogens (tertiary/aromatic N) is 2. The molecule has 4 unspecified atom stereocenters. The third-order valence-electron chi connectivity index (χ3n) is 7.64. The van der Waals surface area contributed by atoms with Crippen molar-refractivity contribution < 1.29 is 17.9 Å². The Morgan fingerprint density at radius 1 is 1.05 bits per heavy atom. The number of piperidine rings is 1. The van der Waals surface area contributed by atoms with E-state index in [1.165, 1.54) is 28.5 Å². The van der Waals surface area contributed by atoms with Crippen molar-refractivity contribution in [2.24, 2.45) is 5.92 Å². The van der Waals surface area contributed by atoms with Crippen LogP contribution in [0.25, 0.3) is 10.2 Å². The number of fused-ring (bicyclic) bond motifs is 3. The Balaban J connectivity index is 1.33. The van der Waals surface area contributed by atoms with Crippen LogP contribution in [0.15, 0.2) is 72.8 Å². The third kappa shape index (κ3) is 4.98. The maximum Gasteiger partial charge on any atom is 0.573 e. The normalized spacial score (nSPS) is 23.3. The van der Waals surface area contributed by atoms with E-state index in [0.717, 1.165) is 24.5 Å². The standard InChI is InChI=1S/C29H28F3N3OS/c1-18-34-23-14-22(24(15-25(23)37-18)36-29(30,31)32)16-33-27-21-12-13-35(17-21)28(27)26(19-8-4-2-5-9-19)20-10-6-3-7-11-20/h2-11,14-15,21,26-28,33H,12-13,16-17H2,1H3. The fourth-order valence-electron chi connectivity index (χ4n) is 6.20. The van der Waals surface area contributed by atoms with E-state index in [1.807, 2.05) is 19.1 Å². The van der Waals surface area contributed by atoms with E-state index in [0.29, 0.717) is 21.7 Å². The number of rotatable bonds is 7. The molecule has 1 N–H and O–H groups in total. The first kappa shape index (κ1) is 24.4. The zero-order chi connectivity index (χ0) is 25.6. The molecule has 1 aromatic heterocycles. The van der Waals surface area contributed by atoms with Gasteiger partial charge in [-0.1, -0.05) is 60.7 Å². The van der Waals surface area contributed by atoms with Crippen molar-refractivity contribution in [3.63, 3.8) is 0 Å². The molecule has 8 heteroatoms. The molecule has 192 valence electrons. The van der Waals surface area contributed by atoms with Gasteiger partial charge in [-0.05, 0) is 43.0 Å². The Bertz CT molecular complexity index is 1340. The summed E-state index contributed by atoms with van der Waals surface area (Å²) < 4.78 is 45.0. The molecule has 0 spiro atoms. The molecule has 4 nitrogen and oxygen atoms in total. The van der Waals surface area contributed by atoms with E-state index in [9.17, 15) is 13.2 Å². The average molecular weight is 524 g/mol. The van der Waals surface area contributed by atoms with Gasteiger partial charge in [-0.15, -0.1) is 24.5 Å². The Morgan fingerprint density at radius 3 is 2.38 bits per heavy atom. The maximum absolute atomic E-state index is 13.3. The minimum atomic E-state index is -4.76. The summed E-state index contributed by atoms with van der Waals surface area (Å²) >= 11 is 1.37. The van der Waals surface area contributed by atoms with Crippen LogP contribution in [0.2, 0.25) is 0 Å². The van der Waals surface area contributed by atoms with E-state index >= 15 is 0 Å². The van der Waals surface area contributed by atoms with Crippen molar-refractivity contribution in [3.05, 3.63) is 94.5 Å². The van der Waals surface area contributed by atoms with Crippen molar-refractivity contribution in [2.75, 3.05) is 13.1 Å². The molecule has 3 aromatic carbocycles. The Kier molecular flexibility index (Phi) is 6.42. The van der Waals surface area contributed by atoms with Crippen LogP contribution in [0.5, 0.6) is 5.75 Å². The van der Waals surface area contributed by atoms with Gasteiger partial charge in [0.2, 0.25) is 0 Å². The highest BCUT2D eigenvalue weighted by Crippen LogP contribution is 2.43. The van der Waals surface area contributed by atoms with Crippen LogP contribution in [-0.2, 0) is 6.54 Å². The molecule has 6 rings (SSSR count). The fourth-order valence-corrected chi connectivity index (χ4v) is 7.04. The number of hydrogen-bond donors (Lipinski definition) is 1. The second-order valence-corrected chi connectivity index (χ2v) is 11.2. The first-order valence-corrected chi connectivity index (χ1v) is 13.4. The molecule has 2 aliphatic rings. The van der Waals surface area contributed by atoms with Crippen molar-refractivity contribution in [1.82, 2.24) is 15.2 Å².